The third-order valence-electron chi connectivity index (χ3n) is 4.05. The monoisotopic (exact) mass is 336 g/mol. The minimum Gasteiger partial charge on any atom is -0.368 e. The summed E-state index contributed by atoms with van der Waals surface area (Å²) in [4.78, 5) is 28.5. The van der Waals surface area contributed by atoms with Crippen LogP contribution in [0.2, 0.25) is 0 Å². The molecule has 0 bridgehead atoms. The van der Waals surface area contributed by atoms with Crippen LogP contribution in [0.1, 0.15) is 34.7 Å². The van der Waals surface area contributed by atoms with Gasteiger partial charge in [-0.15, -0.1) is 0 Å². The summed E-state index contributed by atoms with van der Waals surface area (Å²) in [5.74, 6) is -0.0490. The molecule has 0 radical (unpaired) electrons. The van der Waals surface area contributed by atoms with Gasteiger partial charge in [-0.25, -0.2) is 4.98 Å². The van der Waals surface area contributed by atoms with E-state index in [2.05, 4.69) is 10.3 Å². The van der Waals surface area contributed by atoms with E-state index in [9.17, 15) is 9.59 Å². The number of hydrogen-bond donors (Lipinski definition) is 2. The van der Waals surface area contributed by atoms with Gasteiger partial charge in [0.2, 0.25) is 5.91 Å². The van der Waals surface area contributed by atoms with E-state index in [4.69, 9.17) is 5.73 Å². The van der Waals surface area contributed by atoms with E-state index in [1.165, 1.54) is 0 Å². The topological polar surface area (TPSA) is 90.0 Å². The Hall–Kier alpha value is -3.15. The molecule has 0 aliphatic heterocycles. The van der Waals surface area contributed by atoms with Gasteiger partial charge < -0.3 is 15.6 Å². The fraction of sp³-hybridized carbons (Fsp3) is 0.211. The Labute approximate surface area is 145 Å². The Morgan fingerprint density at radius 3 is 2.52 bits per heavy atom. The molecule has 2 amide bonds. The van der Waals surface area contributed by atoms with Gasteiger partial charge in [-0.05, 0) is 38.1 Å². The van der Waals surface area contributed by atoms with Crippen LogP contribution in [0.3, 0.4) is 0 Å². The average Bonchev–Trinajstić information content (AvgIpc) is 2.93. The van der Waals surface area contributed by atoms with Crippen LogP contribution in [-0.2, 0) is 11.3 Å². The van der Waals surface area contributed by atoms with Crippen molar-refractivity contribution in [3.05, 3.63) is 65.5 Å². The van der Waals surface area contributed by atoms with E-state index in [1.54, 1.807) is 16.7 Å². The number of benzene rings is 2. The first kappa shape index (κ1) is 16.7. The Bertz CT molecular complexity index is 928. The molecule has 3 aromatic rings. The molecule has 3 rings (SSSR count). The van der Waals surface area contributed by atoms with Crippen molar-refractivity contribution in [3.63, 3.8) is 0 Å². The Balaban J connectivity index is 1.90. The van der Waals surface area contributed by atoms with Gasteiger partial charge in [-0.2, -0.15) is 0 Å². The van der Waals surface area contributed by atoms with Crippen LogP contribution in [0.25, 0.3) is 11.0 Å². The molecule has 128 valence electrons. The fourth-order valence-corrected chi connectivity index (χ4v) is 2.80. The number of hydrogen-bond acceptors (Lipinski definition) is 3. The van der Waals surface area contributed by atoms with E-state index >= 15 is 0 Å². The molecule has 1 heterocycles. The summed E-state index contributed by atoms with van der Waals surface area (Å²) in [5, 5.41) is 2.93. The molecule has 0 saturated heterocycles. The molecule has 1 atom stereocenters. The Morgan fingerprint density at radius 1 is 1.16 bits per heavy atom. The van der Waals surface area contributed by atoms with Gasteiger partial charge in [0, 0.05) is 5.56 Å². The van der Waals surface area contributed by atoms with Crippen molar-refractivity contribution in [1.82, 2.24) is 14.9 Å². The number of carbonyl (C=O) groups excluding carboxylic acids is 2. The normalized spacial score (nSPS) is 12.1. The average molecular weight is 336 g/mol. The lowest BCUT2D eigenvalue weighted by Gasteiger charge is -2.15. The van der Waals surface area contributed by atoms with Gasteiger partial charge in [0.15, 0.2) is 0 Å². The zero-order valence-corrected chi connectivity index (χ0v) is 14.2. The second-order valence-corrected chi connectivity index (χ2v) is 6.07. The zero-order valence-electron chi connectivity index (χ0n) is 14.2. The number of aryl methyl sites for hydroxylation is 1. The summed E-state index contributed by atoms with van der Waals surface area (Å²) in [5.41, 5.74) is 8.62. The van der Waals surface area contributed by atoms with Crippen LogP contribution in [-0.4, -0.2) is 21.4 Å². The summed E-state index contributed by atoms with van der Waals surface area (Å²) in [6.07, 6.45) is 0. The maximum absolute atomic E-state index is 12.4. The molecule has 6 nitrogen and oxygen atoms in total. The highest BCUT2D eigenvalue weighted by molar-refractivity contribution is 5.94. The predicted molar refractivity (Wildman–Crippen MR) is 96.0 cm³/mol. The highest BCUT2D eigenvalue weighted by atomic mass is 16.2. The van der Waals surface area contributed by atoms with Crippen LogP contribution < -0.4 is 11.1 Å². The van der Waals surface area contributed by atoms with Crippen molar-refractivity contribution >= 4 is 22.8 Å². The van der Waals surface area contributed by atoms with Gasteiger partial charge >= 0.3 is 0 Å². The summed E-state index contributed by atoms with van der Waals surface area (Å²) < 4.78 is 1.75. The molecule has 0 spiro atoms. The summed E-state index contributed by atoms with van der Waals surface area (Å²) in [6, 6.07) is 14.5. The largest absolute Gasteiger partial charge is 0.368 e. The lowest BCUT2D eigenvalue weighted by molar-refractivity contribution is -0.118. The minimum absolute atomic E-state index is 0.0145. The molecule has 0 aliphatic rings. The number of nitrogens with zero attached hydrogens (tertiary/aromatic N) is 2. The quantitative estimate of drug-likeness (QED) is 0.749. The number of primary amides is 1. The van der Waals surface area contributed by atoms with Crippen LogP contribution in [0.4, 0.5) is 0 Å². The number of fused-ring (bicyclic) bond motifs is 1. The molecule has 1 unspecified atom stereocenters. The lowest BCUT2D eigenvalue weighted by Crippen LogP contribution is -2.30. The number of amides is 2. The molecule has 3 N–H and O–H groups in total. The van der Waals surface area contributed by atoms with Gasteiger partial charge in [0.1, 0.15) is 12.4 Å². The summed E-state index contributed by atoms with van der Waals surface area (Å²) in [7, 11) is 0. The molecular weight excluding hydrogens is 316 g/mol. The highest BCUT2D eigenvalue weighted by Gasteiger charge is 2.19. The molecule has 6 heteroatoms. The predicted octanol–water partition coefficient (Wildman–Crippen LogP) is 2.32. The first-order valence-corrected chi connectivity index (χ1v) is 8.06. The number of imidazole rings is 1. The molecule has 0 saturated carbocycles. The number of rotatable bonds is 5. The van der Waals surface area contributed by atoms with Crippen molar-refractivity contribution in [3.8, 4) is 0 Å². The van der Waals surface area contributed by atoms with Crippen molar-refractivity contribution < 1.29 is 9.59 Å². The minimum atomic E-state index is -0.457. The molecular formula is C19H20N4O2. The molecule has 0 fully saturated rings. The van der Waals surface area contributed by atoms with Crippen LogP contribution in [0.15, 0.2) is 48.5 Å². The summed E-state index contributed by atoms with van der Waals surface area (Å²) in [6.45, 7) is 3.82. The molecule has 25 heavy (non-hydrogen) atoms. The van der Waals surface area contributed by atoms with E-state index in [0.717, 1.165) is 16.6 Å². The van der Waals surface area contributed by atoms with Gasteiger partial charge in [0.25, 0.3) is 5.91 Å². The first-order chi connectivity index (χ1) is 12.0. The zero-order chi connectivity index (χ0) is 18.0. The van der Waals surface area contributed by atoms with E-state index in [1.807, 2.05) is 50.2 Å². The summed E-state index contributed by atoms with van der Waals surface area (Å²) >= 11 is 0. The van der Waals surface area contributed by atoms with E-state index < -0.39 is 5.91 Å². The fourth-order valence-electron chi connectivity index (χ4n) is 2.80. The Kier molecular flexibility index (Phi) is 4.52. The third-order valence-corrected chi connectivity index (χ3v) is 4.05. The molecule has 2 aromatic carbocycles. The Morgan fingerprint density at radius 2 is 1.84 bits per heavy atom. The van der Waals surface area contributed by atoms with Crippen molar-refractivity contribution in [1.29, 1.82) is 0 Å². The van der Waals surface area contributed by atoms with Crippen molar-refractivity contribution in [2.45, 2.75) is 26.4 Å². The van der Waals surface area contributed by atoms with Gasteiger partial charge in [0.05, 0.1) is 17.1 Å². The smallest absolute Gasteiger partial charge is 0.251 e. The van der Waals surface area contributed by atoms with Crippen LogP contribution >= 0.6 is 0 Å². The van der Waals surface area contributed by atoms with E-state index in [0.29, 0.717) is 11.4 Å². The van der Waals surface area contributed by atoms with Gasteiger partial charge in [-0.1, -0.05) is 29.8 Å². The highest BCUT2D eigenvalue weighted by Crippen LogP contribution is 2.21. The molecule has 0 aliphatic carbocycles. The number of carbonyl (C=O) groups is 2. The first-order valence-electron chi connectivity index (χ1n) is 8.06. The number of aromatic nitrogens is 2. The maximum atomic E-state index is 12.4. The van der Waals surface area contributed by atoms with Crippen molar-refractivity contribution in [2.75, 3.05) is 0 Å². The SMILES string of the molecule is Cc1ccc(C(=O)NC(C)c2nc3ccccc3n2CC(N)=O)cc1. The maximum Gasteiger partial charge on any atom is 0.251 e. The number of nitrogens with two attached hydrogens (primary N) is 1. The molecule has 1 aromatic heterocycles. The van der Waals surface area contributed by atoms with Gasteiger partial charge in [-0.3, -0.25) is 9.59 Å². The van der Waals surface area contributed by atoms with E-state index in [-0.39, 0.29) is 18.5 Å². The second kappa shape index (κ2) is 6.76. The van der Waals surface area contributed by atoms with Crippen LogP contribution in [0.5, 0.6) is 0 Å². The third kappa shape index (κ3) is 3.52. The number of nitrogens with one attached hydrogen (secondary N) is 1. The van der Waals surface area contributed by atoms with Crippen molar-refractivity contribution in [2.24, 2.45) is 5.73 Å². The van der Waals surface area contributed by atoms with Crippen LogP contribution in [0, 0.1) is 6.92 Å². The lowest BCUT2D eigenvalue weighted by atomic mass is 10.1. The number of para-hydroxylation sites is 2. The standard InChI is InChI=1S/C19H20N4O2/c1-12-7-9-14(10-8-12)19(25)21-13(2)18-22-15-5-3-4-6-16(15)23(18)11-17(20)24/h3-10,13H,11H2,1-2H3,(H2,20,24)(H,21,25). The second-order valence-electron chi connectivity index (χ2n) is 6.07.